The van der Waals surface area contributed by atoms with E-state index in [2.05, 4.69) is 20.1 Å². The zero-order valence-electron chi connectivity index (χ0n) is 12.4. The molecule has 23 heavy (non-hydrogen) atoms. The number of esters is 2. The van der Waals surface area contributed by atoms with Crippen molar-refractivity contribution >= 4 is 23.5 Å². The molecular weight excluding hydrogens is 332 g/mol. The molecule has 0 heterocycles. The van der Waals surface area contributed by atoms with Gasteiger partial charge in [0.05, 0.1) is 12.1 Å². The average molecular weight is 347 g/mol. The van der Waals surface area contributed by atoms with Gasteiger partial charge in [-0.15, -0.1) is 0 Å². The van der Waals surface area contributed by atoms with Gasteiger partial charge in [-0.2, -0.15) is 0 Å². The first kappa shape index (κ1) is 18.9. The van der Waals surface area contributed by atoms with E-state index in [1.165, 1.54) is 0 Å². The maximum absolute atomic E-state index is 11.4. The van der Waals surface area contributed by atoms with Gasteiger partial charge in [0, 0.05) is 23.7 Å². The predicted octanol–water partition coefficient (Wildman–Crippen LogP) is 2.19. The maximum atomic E-state index is 11.4. The normalized spacial score (nSPS) is 29.6. The fourth-order valence-corrected chi connectivity index (χ4v) is 2.59. The highest BCUT2D eigenvalue weighted by atomic mass is 35.5. The zero-order valence-corrected chi connectivity index (χ0v) is 13.2. The minimum atomic E-state index is -1.13. The van der Waals surface area contributed by atoms with Crippen molar-refractivity contribution in [3.8, 4) is 0 Å². The monoisotopic (exact) mass is 346 g/mol. The van der Waals surface area contributed by atoms with Crippen molar-refractivity contribution in [3.05, 3.63) is 20.9 Å². The molecule has 126 valence electrons. The molecule has 1 fully saturated rings. The summed E-state index contributed by atoms with van der Waals surface area (Å²) in [5, 5.41) is 7.11. The summed E-state index contributed by atoms with van der Waals surface area (Å²) in [7, 11) is 0. The molecule has 1 saturated carbocycles. The molecule has 0 saturated heterocycles. The molecule has 0 spiro atoms. The van der Waals surface area contributed by atoms with Crippen LogP contribution >= 0.6 is 11.6 Å². The van der Waals surface area contributed by atoms with E-state index in [9.17, 15) is 9.59 Å². The van der Waals surface area contributed by atoms with E-state index in [1.54, 1.807) is 0 Å². The predicted molar refractivity (Wildman–Crippen MR) is 77.2 cm³/mol. The Morgan fingerprint density at radius 2 is 1.52 bits per heavy atom. The van der Waals surface area contributed by atoms with Crippen LogP contribution in [0, 0.1) is 0 Å². The van der Waals surface area contributed by atoms with Crippen LogP contribution in [0.1, 0.15) is 20.3 Å². The number of carbonyl (C=O) groups excluding carboxylic acids is 2. The second-order valence-corrected chi connectivity index (χ2v) is 4.89. The first-order valence-electron chi connectivity index (χ1n) is 6.55. The Morgan fingerprint density at radius 1 is 1.04 bits per heavy atom. The molecule has 1 aliphatic rings. The molecule has 11 nitrogen and oxygen atoms in total. The molecule has 0 radical (unpaired) electrons. The molecule has 0 aromatic heterocycles. The van der Waals surface area contributed by atoms with E-state index in [-0.39, 0.29) is 12.5 Å². The van der Waals surface area contributed by atoms with Gasteiger partial charge in [-0.3, -0.25) is 9.59 Å². The van der Waals surface area contributed by atoms with Crippen molar-refractivity contribution in [2.75, 3.05) is 6.07 Å². The van der Waals surface area contributed by atoms with Gasteiger partial charge in [-0.1, -0.05) is 21.8 Å². The maximum Gasteiger partial charge on any atom is 0.303 e. The van der Waals surface area contributed by atoms with Crippen molar-refractivity contribution in [3.63, 3.8) is 0 Å². The van der Waals surface area contributed by atoms with Gasteiger partial charge in [-0.05, 0) is 17.5 Å². The third kappa shape index (κ3) is 5.19. The largest absolute Gasteiger partial charge is 0.458 e. The van der Waals surface area contributed by atoms with Crippen molar-refractivity contribution in [2.45, 2.75) is 50.7 Å². The Bertz CT molecular complexity index is 547. The van der Waals surface area contributed by atoms with E-state index >= 15 is 0 Å². The van der Waals surface area contributed by atoms with E-state index in [0.717, 1.165) is 13.8 Å². The fraction of sp³-hybridized carbons (Fsp3) is 0.818. The lowest BCUT2D eigenvalue weighted by molar-refractivity contribution is -0.188. The lowest BCUT2D eigenvalue weighted by atomic mass is 9.84. The lowest BCUT2D eigenvalue weighted by Gasteiger charge is -2.42. The van der Waals surface area contributed by atoms with Crippen molar-refractivity contribution in [2.24, 2.45) is 10.2 Å². The number of carbonyl (C=O) groups is 2. The number of hydrogen-bond acceptors (Lipinski definition) is 7. The number of alkyl halides is 1. The Kier molecular flexibility index (Phi) is 7.43. The third-order valence-electron chi connectivity index (χ3n) is 3.15. The topological polar surface area (TPSA) is 159 Å². The zero-order chi connectivity index (χ0) is 17.4. The summed E-state index contributed by atoms with van der Waals surface area (Å²) in [5.74, 6) is -1.33. The summed E-state index contributed by atoms with van der Waals surface area (Å²) >= 11 is 5.57. The van der Waals surface area contributed by atoms with E-state index in [1.807, 2.05) is 0 Å². The molecule has 2 unspecified atom stereocenters. The van der Waals surface area contributed by atoms with Crippen molar-refractivity contribution in [1.82, 2.24) is 0 Å². The van der Waals surface area contributed by atoms with Gasteiger partial charge in [0.15, 0.2) is 6.10 Å². The molecular formula is C11H15ClN6O5. The van der Waals surface area contributed by atoms with Crippen LogP contribution < -0.4 is 0 Å². The van der Waals surface area contributed by atoms with Gasteiger partial charge in [-0.25, -0.2) is 0 Å². The van der Waals surface area contributed by atoms with Gasteiger partial charge in [0.2, 0.25) is 0 Å². The second kappa shape index (κ2) is 9.06. The summed E-state index contributed by atoms with van der Waals surface area (Å²) in [6, 6.07) is -1.97. The molecule has 1 rings (SSSR count). The molecule has 12 heteroatoms. The van der Waals surface area contributed by atoms with Gasteiger partial charge >= 0.3 is 11.9 Å². The minimum Gasteiger partial charge on any atom is -0.458 e. The van der Waals surface area contributed by atoms with Gasteiger partial charge in [0.1, 0.15) is 18.3 Å². The van der Waals surface area contributed by atoms with Gasteiger partial charge in [0.25, 0.3) is 0 Å². The quantitative estimate of drug-likeness (QED) is 0.236. The molecule has 0 aliphatic heterocycles. The highest BCUT2D eigenvalue weighted by Crippen LogP contribution is 2.32. The minimum absolute atomic E-state index is 0.0470. The number of ether oxygens (including phenoxy) is 3. The molecule has 0 N–H and O–H groups in total. The van der Waals surface area contributed by atoms with Crippen LogP contribution in [0.2, 0.25) is 0 Å². The lowest BCUT2D eigenvalue weighted by Crippen LogP contribution is -2.58. The molecule has 5 atom stereocenters. The number of azide groups is 2. The highest BCUT2D eigenvalue weighted by Gasteiger charge is 2.49. The number of nitrogens with zero attached hydrogens (tertiary/aromatic N) is 6. The second-order valence-electron chi connectivity index (χ2n) is 4.67. The summed E-state index contributed by atoms with van der Waals surface area (Å²) in [4.78, 5) is 28.1. The Balaban J connectivity index is 3.27. The first-order valence-corrected chi connectivity index (χ1v) is 7.08. The van der Waals surface area contributed by atoms with E-state index in [0.29, 0.717) is 0 Å². The number of hydrogen-bond donors (Lipinski definition) is 0. The van der Waals surface area contributed by atoms with Gasteiger partial charge < -0.3 is 14.2 Å². The third-order valence-corrected chi connectivity index (χ3v) is 3.27. The Morgan fingerprint density at radius 3 is 1.96 bits per heavy atom. The van der Waals surface area contributed by atoms with Crippen LogP contribution in [-0.4, -0.2) is 48.4 Å². The Labute approximate surface area is 136 Å². The molecule has 1 aliphatic carbocycles. The Hall–Kier alpha value is -2.19. The van der Waals surface area contributed by atoms with Crippen molar-refractivity contribution < 1.29 is 23.8 Å². The molecule has 0 amide bonds. The van der Waals surface area contributed by atoms with Crippen LogP contribution in [0.3, 0.4) is 0 Å². The highest BCUT2D eigenvalue weighted by molar-refractivity contribution is 6.17. The molecule has 0 aromatic rings. The SMILES string of the molecule is CC(=O)OC1[C@@H](OCCl)C(N=[N+]=[N-])C[C@@H](N=[N+]=[N-])[C@@H]1OC(C)=O. The smallest absolute Gasteiger partial charge is 0.303 e. The van der Waals surface area contributed by atoms with Crippen LogP contribution in [0.25, 0.3) is 20.9 Å². The molecule has 0 aromatic carbocycles. The average Bonchev–Trinajstić information content (AvgIpc) is 2.46. The van der Waals surface area contributed by atoms with E-state index < -0.39 is 42.3 Å². The fourth-order valence-electron chi connectivity index (χ4n) is 2.44. The summed E-state index contributed by atoms with van der Waals surface area (Å²) in [6.07, 6.45) is -3.10. The van der Waals surface area contributed by atoms with Crippen molar-refractivity contribution in [1.29, 1.82) is 0 Å². The summed E-state index contributed by atoms with van der Waals surface area (Å²) < 4.78 is 15.6. The first-order chi connectivity index (χ1) is 10.9. The van der Waals surface area contributed by atoms with Crippen LogP contribution in [-0.2, 0) is 23.8 Å². The summed E-state index contributed by atoms with van der Waals surface area (Å²) in [5.41, 5.74) is 17.4. The summed E-state index contributed by atoms with van der Waals surface area (Å²) in [6.45, 7) is 2.32. The van der Waals surface area contributed by atoms with Crippen LogP contribution in [0.5, 0.6) is 0 Å². The van der Waals surface area contributed by atoms with E-state index in [4.69, 9.17) is 36.9 Å². The van der Waals surface area contributed by atoms with Crippen LogP contribution in [0.15, 0.2) is 10.2 Å². The number of halogens is 1. The van der Waals surface area contributed by atoms with Crippen LogP contribution in [0.4, 0.5) is 0 Å². The molecule has 0 bridgehead atoms. The standard InChI is InChI=1S/C11H15ClN6O5/c1-5(19)22-10-8(16-18-14)3-7(15-17-13)9(21-4-12)11(10)23-6(2)20/h7-11H,3-4H2,1-2H3/t7?,8-,9+,10+,11?/m1/s1. The number of rotatable bonds is 6.